The number of allylic oxidation sites excluding steroid dienone is 2. The van der Waals surface area contributed by atoms with E-state index in [0.717, 1.165) is 12.0 Å². The van der Waals surface area contributed by atoms with Crippen molar-refractivity contribution in [3.63, 3.8) is 0 Å². The molecule has 0 unspecified atom stereocenters. The Labute approximate surface area is 96.9 Å². The molecule has 0 amide bonds. The number of carbonyl (C=O) groups is 2. The van der Waals surface area contributed by atoms with Crippen LogP contribution in [0.3, 0.4) is 0 Å². The third kappa shape index (κ3) is 2.52. The number of ether oxygens (including phenoxy) is 1. The van der Waals surface area contributed by atoms with Gasteiger partial charge in [0.05, 0.1) is 6.61 Å². The van der Waals surface area contributed by atoms with Crippen LogP contribution in [-0.4, -0.2) is 18.4 Å². The van der Waals surface area contributed by atoms with Gasteiger partial charge in [-0.05, 0) is 40.0 Å². The predicted molar refractivity (Wildman–Crippen MR) is 62.0 cm³/mol. The van der Waals surface area contributed by atoms with Crippen LogP contribution in [0.2, 0.25) is 0 Å². The summed E-state index contributed by atoms with van der Waals surface area (Å²) >= 11 is 0. The van der Waals surface area contributed by atoms with Crippen molar-refractivity contribution in [3.05, 3.63) is 11.6 Å². The fraction of sp³-hybridized carbons (Fsp3) is 0.692. The van der Waals surface area contributed by atoms with Gasteiger partial charge in [0.25, 0.3) is 0 Å². The lowest BCUT2D eigenvalue weighted by Crippen LogP contribution is -2.36. The molecule has 0 bridgehead atoms. The van der Waals surface area contributed by atoms with Gasteiger partial charge in [0.2, 0.25) is 0 Å². The lowest BCUT2D eigenvalue weighted by atomic mass is 9.81. The monoisotopic (exact) mass is 224 g/mol. The largest absolute Gasteiger partial charge is 0.465 e. The van der Waals surface area contributed by atoms with E-state index in [1.54, 1.807) is 6.92 Å². The van der Waals surface area contributed by atoms with E-state index in [4.69, 9.17) is 4.74 Å². The summed E-state index contributed by atoms with van der Waals surface area (Å²) in [6.45, 7) is 6.05. The van der Waals surface area contributed by atoms with Crippen molar-refractivity contribution in [1.82, 2.24) is 0 Å². The topological polar surface area (TPSA) is 43.4 Å². The first-order valence-corrected chi connectivity index (χ1v) is 5.87. The van der Waals surface area contributed by atoms with E-state index in [0.29, 0.717) is 25.9 Å². The fourth-order valence-electron chi connectivity index (χ4n) is 2.09. The molecule has 0 radical (unpaired) electrons. The van der Waals surface area contributed by atoms with Crippen LogP contribution in [0.15, 0.2) is 11.6 Å². The van der Waals surface area contributed by atoms with Gasteiger partial charge in [-0.25, -0.2) is 0 Å². The SMILES string of the molecule is CCOC(=O)[C@@]1(CC=C(C)C)CCCC1=O. The van der Waals surface area contributed by atoms with Crippen LogP contribution in [0.1, 0.15) is 46.5 Å². The molecule has 1 rings (SSSR count). The van der Waals surface area contributed by atoms with Crippen LogP contribution in [0, 0.1) is 5.41 Å². The van der Waals surface area contributed by atoms with Gasteiger partial charge in [-0.1, -0.05) is 11.6 Å². The summed E-state index contributed by atoms with van der Waals surface area (Å²) in [6.07, 6.45) is 4.39. The summed E-state index contributed by atoms with van der Waals surface area (Å²) in [7, 11) is 0. The number of rotatable bonds is 4. The van der Waals surface area contributed by atoms with Gasteiger partial charge < -0.3 is 4.74 Å². The molecule has 3 nitrogen and oxygen atoms in total. The van der Waals surface area contributed by atoms with Crippen LogP contribution in [0.4, 0.5) is 0 Å². The molecule has 1 fully saturated rings. The molecule has 0 aliphatic heterocycles. The maximum atomic E-state index is 11.9. The van der Waals surface area contributed by atoms with Crippen molar-refractivity contribution in [2.75, 3.05) is 6.61 Å². The molecule has 0 aromatic heterocycles. The zero-order valence-corrected chi connectivity index (χ0v) is 10.3. The van der Waals surface area contributed by atoms with Crippen LogP contribution >= 0.6 is 0 Å². The predicted octanol–water partition coefficient (Wildman–Crippen LogP) is 2.65. The minimum absolute atomic E-state index is 0.0449. The molecule has 16 heavy (non-hydrogen) atoms. The molecule has 0 aromatic carbocycles. The van der Waals surface area contributed by atoms with E-state index in [1.165, 1.54) is 0 Å². The molecule has 0 saturated heterocycles. The molecule has 1 aliphatic carbocycles. The second kappa shape index (κ2) is 5.28. The van der Waals surface area contributed by atoms with Crippen molar-refractivity contribution in [2.45, 2.75) is 46.5 Å². The molecule has 0 aromatic rings. The average Bonchev–Trinajstić information content (AvgIpc) is 2.58. The summed E-state index contributed by atoms with van der Waals surface area (Å²) in [4.78, 5) is 23.8. The van der Waals surface area contributed by atoms with Crippen molar-refractivity contribution in [2.24, 2.45) is 5.41 Å². The lowest BCUT2D eigenvalue weighted by molar-refractivity contribution is -0.158. The fourth-order valence-corrected chi connectivity index (χ4v) is 2.09. The Morgan fingerprint density at radius 1 is 1.50 bits per heavy atom. The van der Waals surface area contributed by atoms with Crippen molar-refractivity contribution >= 4 is 11.8 Å². The number of ketones is 1. The van der Waals surface area contributed by atoms with E-state index >= 15 is 0 Å². The Kier molecular flexibility index (Phi) is 4.27. The van der Waals surface area contributed by atoms with Gasteiger partial charge in [-0.15, -0.1) is 0 Å². The van der Waals surface area contributed by atoms with Gasteiger partial charge >= 0.3 is 5.97 Å². The van der Waals surface area contributed by atoms with Crippen LogP contribution < -0.4 is 0 Å². The first-order valence-electron chi connectivity index (χ1n) is 5.87. The average molecular weight is 224 g/mol. The summed E-state index contributed by atoms with van der Waals surface area (Å²) in [5, 5.41) is 0. The first kappa shape index (κ1) is 12.9. The highest BCUT2D eigenvalue weighted by Crippen LogP contribution is 2.39. The van der Waals surface area contributed by atoms with E-state index in [1.807, 2.05) is 19.9 Å². The lowest BCUT2D eigenvalue weighted by Gasteiger charge is -2.23. The van der Waals surface area contributed by atoms with E-state index < -0.39 is 5.41 Å². The highest BCUT2D eigenvalue weighted by Gasteiger charge is 2.48. The minimum atomic E-state index is -0.882. The Morgan fingerprint density at radius 3 is 2.62 bits per heavy atom. The molecule has 0 spiro atoms. The van der Waals surface area contributed by atoms with E-state index in [2.05, 4.69) is 0 Å². The van der Waals surface area contributed by atoms with Gasteiger partial charge in [-0.2, -0.15) is 0 Å². The molecular weight excluding hydrogens is 204 g/mol. The molecule has 0 heterocycles. The third-order valence-corrected chi connectivity index (χ3v) is 3.07. The Morgan fingerprint density at radius 2 is 2.19 bits per heavy atom. The summed E-state index contributed by atoms with van der Waals surface area (Å²) in [5.41, 5.74) is 0.246. The molecule has 1 saturated carbocycles. The smallest absolute Gasteiger partial charge is 0.319 e. The van der Waals surface area contributed by atoms with Gasteiger partial charge in [0, 0.05) is 6.42 Å². The molecule has 3 heteroatoms. The zero-order chi connectivity index (χ0) is 12.2. The Hall–Kier alpha value is -1.12. The molecule has 0 N–H and O–H groups in total. The van der Waals surface area contributed by atoms with Gasteiger partial charge in [-0.3, -0.25) is 9.59 Å². The number of hydrogen-bond acceptors (Lipinski definition) is 3. The van der Waals surface area contributed by atoms with Crippen molar-refractivity contribution in [3.8, 4) is 0 Å². The molecule has 1 aliphatic rings. The second-order valence-electron chi connectivity index (χ2n) is 4.56. The van der Waals surface area contributed by atoms with E-state index in [9.17, 15) is 9.59 Å². The Bertz CT molecular complexity index is 313. The maximum absolute atomic E-state index is 11.9. The number of Topliss-reactive ketones (excluding diaryl/α,β-unsaturated/α-hetero) is 1. The number of carbonyl (C=O) groups excluding carboxylic acids is 2. The second-order valence-corrected chi connectivity index (χ2v) is 4.56. The highest BCUT2D eigenvalue weighted by atomic mass is 16.5. The van der Waals surface area contributed by atoms with Crippen molar-refractivity contribution < 1.29 is 14.3 Å². The normalized spacial score (nSPS) is 24.3. The zero-order valence-electron chi connectivity index (χ0n) is 10.3. The number of esters is 1. The first-order chi connectivity index (χ1) is 7.53. The molecule has 1 atom stereocenters. The molecular formula is C13H20O3. The standard InChI is InChI=1S/C13H20O3/c1-4-16-12(15)13(9-7-10(2)3)8-5-6-11(13)14/h7H,4-6,8-9H2,1-3H3/t13-/m1/s1. The van der Waals surface area contributed by atoms with Gasteiger partial charge in [0.1, 0.15) is 5.41 Å². The van der Waals surface area contributed by atoms with Gasteiger partial charge in [0.15, 0.2) is 5.78 Å². The van der Waals surface area contributed by atoms with Crippen LogP contribution in [0.5, 0.6) is 0 Å². The quantitative estimate of drug-likeness (QED) is 0.419. The summed E-state index contributed by atoms with van der Waals surface area (Å²) in [6, 6.07) is 0. The van der Waals surface area contributed by atoms with E-state index in [-0.39, 0.29) is 11.8 Å². The van der Waals surface area contributed by atoms with Crippen molar-refractivity contribution in [1.29, 1.82) is 0 Å². The minimum Gasteiger partial charge on any atom is -0.465 e. The highest BCUT2D eigenvalue weighted by molar-refractivity contribution is 6.05. The Balaban J connectivity index is 2.89. The van der Waals surface area contributed by atoms with Crippen LogP contribution in [-0.2, 0) is 14.3 Å². The molecule has 90 valence electrons. The summed E-state index contributed by atoms with van der Waals surface area (Å²) in [5.74, 6) is -0.293. The van der Waals surface area contributed by atoms with Crippen LogP contribution in [0.25, 0.3) is 0 Å². The number of hydrogen-bond donors (Lipinski definition) is 0. The maximum Gasteiger partial charge on any atom is 0.319 e. The summed E-state index contributed by atoms with van der Waals surface area (Å²) < 4.78 is 5.04. The third-order valence-electron chi connectivity index (χ3n) is 3.07.